The lowest BCUT2D eigenvalue weighted by Gasteiger charge is -2.62. The number of hydrogen-bond acceptors (Lipinski definition) is 3. The number of aliphatic hydroxyl groups excluding tert-OH is 2. The van der Waals surface area contributed by atoms with Crippen molar-refractivity contribution in [2.24, 2.45) is 46.3 Å². The first-order chi connectivity index (χ1) is 13.2. The quantitative estimate of drug-likeness (QED) is 0.659. The van der Waals surface area contributed by atoms with Crippen LogP contribution in [0.4, 0.5) is 0 Å². The fourth-order valence-corrected chi connectivity index (χ4v) is 8.73. The molecule has 1 unspecified atom stereocenters. The molecule has 0 aromatic carbocycles. The molecule has 0 spiro atoms. The van der Waals surface area contributed by atoms with Gasteiger partial charge in [-0.25, -0.2) is 0 Å². The zero-order valence-electron chi connectivity index (χ0n) is 17.9. The molecule has 0 aliphatic heterocycles. The predicted octanol–water partition coefficient (Wildman–Crippen LogP) is 4.48. The standard InChI is InChI=1S/C24H40O4/c1-14(4-7-21(27)28)17-5-6-18-22-19(9-11-24(17,18)3)23(2)10-8-16(25)12-15(23)13-20(22)26/h14-20,22,25-26H,4-13H2,1-3H3,(H,27,28)/t14-,15?,16+,17-,18-,19+,20+,22-,23+,24-/m1/s1. The van der Waals surface area contributed by atoms with Gasteiger partial charge in [0, 0.05) is 6.42 Å². The average molecular weight is 393 g/mol. The molecule has 10 atom stereocenters. The van der Waals surface area contributed by atoms with Crippen LogP contribution in [-0.2, 0) is 4.79 Å². The molecule has 0 bridgehead atoms. The number of fused-ring (bicyclic) bond motifs is 5. The second kappa shape index (κ2) is 7.27. The number of hydrogen-bond donors (Lipinski definition) is 3. The second-order valence-electron chi connectivity index (χ2n) is 11.4. The third-order valence-corrected chi connectivity index (χ3v) is 10.2. The van der Waals surface area contributed by atoms with Crippen LogP contribution in [0.15, 0.2) is 0 Å². The molecule has 4 fully saturated rings. The van der Waals surface area contributed by atoms with Crippen LogP contribution >= 0.6 is 0 Å². The summed E-state index contributed by atoms with van der Waals surface area (Å²) in [5.41, 5.74) is 0.523. The summed E-state index contributed by atoms with van der Waals surface area (Å²) in [6.07, 6.45) is 9.19. The van der Waals surface area contributed by atoms with Gasteiger partial charge in [0.05, 0.1) is 12.2 Å². The number of rotatable bonds is 4. The van der Waals surface area contributed by atoms with E-state index in [1.54, 1.807) is 0 Å². The fourth-order valence-electron chi connectivity index (χ4n) is 8.73. The highest BCUT2D eigenvalue weighted by molar-refractivity contribution is 5.66. The van der Waals surface area contributed by atoms with E-state index in [4.69, 9.17) is 5.11 Å². The van der Waals surface area contributed by atoms with Gasteiger partial charge < -0.3 is 15.3 Å². The van der Waals surface area contributed by atoms with E-state index < -0.39 is 5.97 Å². The van der Waals surface area contributed by atoms with E-state index >= 15 is 0 Å². The molecule has 0 aromatic rings. The van der Waals surface area contributed by atoms with Gasteiger partial charge in [-0.05, 0) is 104 Å². The normalized spacial score (nSPS) is 51.7. The third kappa shape index (κ3) is 3.14. The van der Waals surface area contributed by atoms with Crippen LogP contribution in [0, 0.1) is 46.3 Å². The van der Waals surface area contributed by atoms with Gasteiger partial charge in [0.1, 0.15) is 0 Å². The van der Waals surface area contributed by atoms with Crippen molar-refractivity contribution in [3.63, 3.8) is 0 Å². The Balaban J connectivity index is 1.55. The van der Waals surface area contributed by atoms with Gasteiger partial charge in [-0.1, -0.05) is 20.8 Å². The zero-order valence-corrected chi connectivity index (χ0v) is 17.9. The molecule has 0 heterocycles. The number of carbonyl (C=O) groups is 1. The molecular weight excluding hydrogens is 352 g/mol. The van der Waals surface area contributed by atoms with E-state index in [1.165, 1.54) is 25.7 Å². The van der Waals surface area contributed by atoms with Crippen molar-refractivity contribution in [1.82, 2.24) is 0 Å². The number of carboxylic acids is 1. The van der Waals surface area contributed by atoms with E-state index in [1.807, 2.05) is 0 Å². The van der Waals surface area contributed by atoms with E-state index in [9.17, 15) is 15.0 Å². The highest BCUT2D eigenvalue weighted by Crippen LogP contribution is 2.68. The summed E-state index contributed by atoms with van der Waals surface area (Å²) in [5, 5.41) is 30.5. The van der Waals surface area contributed by atoms with Gasteiger partial charge in [-0.3, -0.25) is 4.79 Å². The van der Waals surface area contributed by atoms with E-state index in [2.05, 4.69) is 20.8 Å². The minimum atomic E-state index is -0.684. The Hall–Kier alpha value is -0.610. The summed E-state index contributed by atoms with van der Waals surface area (Å²) >= 11 is 0. The Kier molecular flexibility index (Phi) is 5.36. The van der Waals surface area contributed by atoms with Gasteiger partial charge in [0.15, 0.2) is 0 Å². The highest BCUT2D eigenvalue weighted by Gasteiger charge is 2.62. The summed E-state index contributed by atoms with van der Waals surface area (Å²) in [5.74, 6) is 2.36. The Labute approximate surface area is 170 Å². The topological polar surface area (TPSA) is 77.8 Å². The Morgan fingerprint density at radius 1 is 1.00 bits per heavy atom. The lowest BCUT2D eigenvalue weighted by atomic mass is 9.43. The number of carboxylic acid groups (broad SMARTS) is 1. The smallest absolute Gasteiger partial charge is 0.303 e. The second-order valence-corrected chi connectivity index (χ2v) is 11.4. The number of aliphatic carboxylic acids is 1. The van der Waals surface area contributed by atoms with Gasteiger partial charge in [-0.15, -0.1) is 0 Å². The molecule has 3 N–H and O–H groups in total. The minimum Gasteiger partial charge on any atom is -0.481 e. The fraction of sp³-hybridized carbons (Fsp3) is 0.958. The van der Waals surface area contributed by atoms with Crippen molar-refractivity contribution in [2.75, 3.05) is 0 Å². The summed E-state index contributed by atoms with van der Waals surface area (Å²) < 4.78 is 0. The number of aliphatic hydroxyl groups is 2. The van der Waals surface area contributed by atoms with Crippen molar-refractivity contribution in [2.45, 2.75) is 97.2 Å². The molecule has 4 heteroatoms. The van der Waals surface area contributed by atoms with E-state index in [0.29, 0.717) is 35.5 Å². The largest absolute Gasteiger partial charge is 0.481 e. The average Bonchev–Trinajstić information content (AvgIpc) is 2.98. The van der Waals surface area contributed by atoms with Gasteiger partial charge in [0.25, 0.3) is 0 Å². The first-order valence-corrected chi connectivity index (χ1v) is 11.7. The van der Waals surface area contributed by atoms with E-state index in [-0.39, 0.29) is 29.5 Å². The monoisotopic (exact) mass is 392 g/mol. The predicted molar refractivity (Wildman–Crippen MR) is 109 cm³/mol. The van der Waals surface area contributed by atoms with Crippen LogP contribution in [0.3, 0.4) is 0 Å². The molecule has 4 aliphatic rings. The maximum Gasteiger partial charge on any atom is 0.303 e. The third-order valence-electron chi connectivity index (χ3n) is 10.2. The molecule has 0 saturated heterocycles. The molecule has 4 nitrogen and oxygen atoms in total. The Morgan fingerprint density at radius 2 is 1.68 bits per heavy atom. The van der Waals surface area contributed by atoms with Gasteiger partial charge in [0.2, 0.25) is 0 Å². The molecule has 4 rings (SSSR count). The molecular formula is C24H40O4. The summed E-state index contributed by atoms with van der Waals surface area (Å²) in [4.78, 5) is 11.1. The molecule has 0 amide bonds. The van der Waals surface area contributed by atoms with Crippen molar-refractivity contribution in [3.05, 3.63) is 0 Å². The zero-order chi connectivity index (χ0) is 20.3. The summed E-state index contributed by atoms with van der Waals surface area (Å²) in [7, 11) is 0. The maximum atomic E-state index is 11.2. The molecule has 28 heavy (non-hydrogen) atoms. The molecule has 4 aliphatic carbocycles. The van der Waals surface area contributed by atoms with Crippen LogP contribution in [-0.4, -0.2) is 33.5 Å². The summed E-state index contributed by atoms with van der Waals surface area (Å²) in [6, 6.07) is 0. The highest BCUT2D eigenvalue weighted by atomic mass is 16.4. The maximum absolute atomic E-state index is 11.2. The van der Waals surface area contributed by atoms with Gasteiger partial charge in [-0.2, -0.15) is 0 Å². The van der Waals surface area contributed by atoms with Crippen LogP contribution in [0.2, 0.25) is 0 Å². The van der Waals surface area contributed by atoms with Crippen molar-refractivity contribution in [3.8, 4) is 0 Å². The van der Waals surface area contributed by atoms with Crippen molar-refractivity contribution >= 4 is 5.97 Å². The van der Waals surface area contributed by atoms with Crippen LogP contribution in [0.1, 0.15) is 85.0 Å². The van der Waals surface area contributed by atoms with Crippen molar-refractivity contribution < 1.29 is 20.1 Å². The van der Waals surface area contributed by atoms with Crippen molar-refractivity contribution in [1.29, 1.82) is 0 Å². The first-order valence-electron chi connectivity index (χ1n) is 11.7. The van der Waals surface area contributed by atoms with Crippen LogP contribution in [0.5, 0.6) is 0 Å². The van der Waals surface area contributed by atoms with Crippen LogP contribution in [0.25, 0.3) is 0 Å². The lowest BCUT2D eigenvalue weighted by molar-refractivity contribution is -0.174. The Bertz CT molecular complexity index is 605. The van der Waals surface area contributed by atoms with E-state index in [0.717, 1.165) is 32.1 Å². The van der Waals surface area contributed by atoms with Crippen LogP contribution < -0.4 is 0 Å². The molecule has 160 valence electrons. The first kappa shape index (κ1) is 20.7. The molecule has 0 radical (unpaired) electrons. The Morgan fingerprint density at radius 3 is 2.39 bits per heavy atom. The van der Waals surface area contributed by atoms with Gasteiger partial charge >= 0.3 is 5.97 Å². The SMILES string of the molecule is C[C@H](CCC(=O)O)[C@H]1CC[C@@H]2[C@H]3[C@@H](O)CC4C[C@@H](O)CC[C@]4(C)[C@H]3CC[C@@]21C. The molecule has 4 saturated carbocycles. The summed E-state index contributed by atoms with van der Waals surface area (Å²) in [6.45, 7) is 7.16. The molecule has 0 aromatic heterocycles. The lowest BCUT2D eigenvalue weighted by Crippen LogP contribution is -2.58. The minimum absolute atomic E-state index is 0.179.